The van der Waals surface area contributed by atoms with E-state index in [2.05, 4.69) is 6.92 Å². The second-order valence-electron chi connectivity index (χ2n) is 5.09. The van der Waals surface area contributed by atoms with Gasteiger partial charge in [0.1, 0.15) is 0 Å². The van der Waals surface area contributed by atoms with E-state index in [0.717, 1.165) is 18.8 Å². The predicted octanol–water partition coefficient (Wildman–Crippen LogP) is 3.94. The molecule has 0 aromatic rings. The SMILES string of the molecule is CCCCCCC1CCC(C(=O)OC)CC1. The lowest BCUT2D eigenvalue weighted by atomic mass is 9.80. The van der Waals surface area contributed by atoms with Gasteiger partial charge in [0, 0.05) is 0 Å². The molecule has 0 aromatic carbocycles. The van der Waals surface area contributed by atoms with Gasteiger partial charge in [0.15, 0.2) is 0 Å². The molecule has 0 atom stereocenters. The summed E-state index contributed by atoms with van der Waals surface area (Å²) in [6, 6.07) is 0. The highest BCUT2D eigenvalue weighted by atomic mass is 16.5. The first-order valence-corrected chi connectivity index (χ1v) is 6.85. The van der Waals surface area contributed by atoms with Crippen LogP contribution in [-0.4, -0.2) is 13.1 Å². The summed E-state index contributed by atoms with van der Waals surface area (Å²) in [5.74, 6) is 1.07. The third kappa shape index (κ3) is 4.54. The highest BCUT2D eigenvalue weighted by Gasteiger charge is 2.26. The van der Waals surface area contributed by atoms with E-state index in [1.807, 2.05) is 0 Å². The molecule has 0 aliphatic heterocycles. The van der Waals surface area contributed by atoms with Gasteiger partial charge in [-0.1, -0.05) is 39.0 Å². The lowest BCUT2D eigenvalue weighted by Crippen LogP contribution is -2.22. The molecule has 0 saturated heterocycles. The van der Waals surface area contributed by atoms with E-state index in [9.17, 15) is 4.79 Å². The maximum Gasteiger partial charge on any atom is 0.308 e. The Bertz CT molecular complexity index is 193. The van der Waals surface area contributed by atoms with Crippen LogP contribution in [0.2, 0.25) is 0 Å². The van der Waals surface area contributed by atoms with Crippen LogP contribution in [0.15, 0.2) is 0 Å². The van der Waals surface area contributed by atoms with Gasteiger partial charge < -0.3 is 4.74 Å². The fraction of sp³-hybridized carbons (Fsp3) is 0.929. The molecule has 2 nitrogen and oxygen atoms in total. The van der Waals surface area contributed by atoms with Crippen LogP contribution in [0.1, 0.15) is 64.7 Å². The summed E-state index contributed by atoms with van der Waals surface area (Å²) in [5, 5.41) is 0. The second-order valence-corrected chi connectivity index (χ2v) is 5.09. The van der Waals surface area contributed by atoms with Gasteiger partial charge in [-0.3, -0.25) is 4.79 Å². The number of hydrogen-bond acceptors (Lipinski definition) is 2. The molecule has 0 heterocycles. The fourth-order valence-corrected chi connectivity index (χ4v) is 2.71. The first-order valence-electron chi connectivity index (χ1n) is 6.85. The molecule has 0 radical (unpaired) electrons. The topological polar surface area (TPSA) is 26.3 Å². The number of methoxy groups -OCH3 is 1. The van der Waals surface area contributed by atoms with E-state index in [0.29, 0.717) is 0 Å². The zero-order chi connectivity index (χ0) is 11.8. The third-order valence-electron chi connectivity index (χ3n) is 3.85. The molecule has 94 valence electrons. The molecule has 0 spiro atoms. The Morgan fingerprint density at radius 1 is 1.12 bits per heavy atom. The molecule has 0 N–H and O–H groups in total. The minimum absolute atomic E-state index is 0.00410. The quantitative estimate of drug-likeness (QED) is 0.506. The Balaban J connectivity index is 2.10. The van der Waals surface area contributed by atoms with Crippen molar-refractivity contribution in [1.29, 1.82) is 0 Å². The number of rotatable bonds is 6. The minimum atomic E-state index is 0.00410. The van der Waals surface area contributed by atoms with Crippen LogP contribution in [0.25, 0.3) is 0 Å². The van der Waals surface area contributed by atoms with E-state index in [1.54, 1.807) is 0 Å². The molecule has 16 heavy (non-hydrogen) atoms. The van der Waals surface area contributed by atoms with Crippen molar-refractivity contribution in [3.8, 4) is 0 Å². The average Bonchev–Trinajstić information content (AvgIpc) is 2.34. The molecule has 0 unspecified atom stereocenters. The highest BCUT2D eigenvalue weighted by molar-refractivity contribution is 5.72. The van der Waals surface area contributed by atoms with Crippen LogP contribution in [0.3, 0.4) is 0 Å². The summed E-state index contributed by atoms with van der Waals surface area (Å²) in [6.45, 7) is 2.25. The van der Waals surface area contributed by atoms with Crippen LogP contribution in [-0.2, 0) is 9.53 Å². The number of ether oxygens (including phenoxy) is 1. The van der Waals surface area contributed by atoms with Gasteiger partial charge in [0.25, 0.3) is 0 Å². The standard InChI is InChI=1S/C14H26O2/c1-3-4-5-6-7-12-8-10-13(11-9-12)14(15)16-2/h12-13H,3-11H2,1-2H3. The molecule has 1 aliphatic rings. The zero-order valence-corrected chi connectivity index (χ0v) is 10.8. The van der Waals surface area contributed by atoms with Crippen LogP contribution in [0.5, 0.6) is 0 Å². The van der Waals surface area contributed by atoms with Crippen LogP contribution >= 0.6 is 0 Å². The van der Waals surface area contributed by atoms with Crippen molar-refractivity contribution in [3.63, 3.8) is 0 Å². The van der Waals surface area contributed by atoms with Gasteiger partial charge in [-0.15, -0.1) is 0 Å². The molecule has 1 aliphatic carbocycles. The molecular weight excluding hydrogens is 200 g/mol. The Kier molecular flexibility index (Phi) is 6.51. The summed E-state index contributed by atoms with van der Waals surface area (Å²) in [7, 11) is 1.50. The summed E-state index contributed by atoms with van der Waals surface area (Å²) in [6.07, 6.45) is 11.4. The van der Waals surface area contributed by atoms with E-state index >= 15 is 0 Å². The van der Waals surface area contributed by atoms with Crippen LogP contribution < -0.4 is 0 Å². The van der Waals surface area contributed by atoms with Crippen LogP contribution in [0, 0.1) is 11.8 Å². The normalized spacial score (nSPS) is 25.4. The highest BCUT2D eigenvalue weighted by Crippen LogP contribution is 2.32. The monoisotopic (exact) mass is 226 g/mol. The number of carbonyl (C=O) groups is 1. The molecule has 1 saturated carbocycles. The number of esters is 1. The molecule has 0 bridgehead atoms. The van der Waals surface area contributed by atoms with Gasteiger partial charge in [-0.2, -0.15) is 0 Å². The maximum atomic E-state index is 11.4. The summed E-state index contributed by atoms with van der Waals surface area (Å²) < 4.78 is 4.80. The Morgan fingerprint density at radius 3 is 2.38 bits per heavy atom. The molecule has 0 aromatic heterocycles. The lowest BCUT2D eigenvalue weighted by Gasteiger charge is -2.26. The summed E-state index contributed by atoms with van der Waals surface area (Å²) in [4.78, 5) is 11.4. The zero-order valence-electron chi connectivity index (χ0n) is 10.8. The maximum absolute atomic E-state index is 11.4. The largest absolute Gasteiger partial charge is 0.469 e. The van der Waals surface area contributed by atoms with Gasteiger partial charge in [0.05, 0.1) is 13.0 Å². The Labute approximate surface area is 99.8 Å². The van der Waals surface area contributed by atoms with Gasteiger partial charge in [0.2, 0.25) is 0 Å². The predicted molar refractivity (Wildman–Crippen MR) is 66.2 cm³/mol. The van der Waals surface area contributed by atoms with E-state index in [-0.39, 0.29) is 11.9 Å². The van der Waals surface area contributed by atoms with Gasteiger partial charge >= 0.3 is 5.97 Å². The van der Waals surface area contributed by atoms with E-state index in [4.69, 9.17) is 4.74 Å². The van der Waals surface area contributed by atoms with Gasteiger partial charge in [-0.25, -0.2) is 0 Å². The number of unbranched alkanes of at least 4 members (excludes halogenated alkanes) is 3. The molecule has 1 fully saturated rings. The lowest BCUT2D eigenvalue weighted by molar-refractivity contribution is -0.146. The number of carbonyl (C=O) groups excluding carboxylic acids is 1. The van der Waals surface area contributed by atoms with Gasteiger partial charge in [-0.05, 0) is 31.6 Å². The molecule has 0 amide bonds. The fourth-order valence-electron chi connectivity index (χ4n) is 2.71. The minimum Gasteiger partial charge on any atom is -0.469 e. The number of hydrogen-bond donors (Lipinski definition) is 0. The molecule has 1 rings (SSSR count). The van der Waals surface area contributed by atoms with E-state index in [1.165, 1.54) is 52.1 Å². The van der Waals surface area contributed by atoms with Crippen molar-refractivity contribution in [1.82, 2.24) is 0 Å². The Hall–Kier alpha value is -0.530. The van der Waals surface area contributed by atoms with Crippen molar-refractivity contribution in [2.75, 3.05) is 7.11 Å². The third-order valence-corrected chi connectivity index (χ3v) is 3.85. The first kappa shape index (κ1) is 13.5. The Morgan fingerprint density at radius 2 is 1.81 bits per heavy atom. The van der Waals surface area contributed by atoms with Crippen molar-refractivity contribution < 1.29 is 9.53 Å². The van der Waals surface area contributed by atoms with Crippen molar-refractivity contribution in [2.24, 2.45) is 11.8 Å². The summed E-state index contributed by atoms with van der Waals surface area (Å²) >= 11 is 0. The van der Waals surface area contributed by atoms with E-state index < -0.39 is 0 Å². The smallest absolute Gasteiger partial charge is 0.308 e. The van der Waals surface area contributed by atoms with Crippen molar-refractivity contribution in [2.45, 2.75) is 64.7 Å². The first-order chi connectivity index (χ1) is 7.77. The second kappa shape index (κ2) is 7.70. The molecular formula is C14H26O2. The molecule has 2 heteroatoms. The average molecular weight is 226 g/mol. The van der Waals surface area contributed by atoms with Crippen molar-refractivity contribution >= 4 is 5.97 Å². The van der Waals surface area contributed by atoms with Crippen LogP contribution in [0.4, 0.5) is 0 Å². The van der Waals surface area contributed by atoms with Crippen molar-refractivity contribution in [3.05, 3.63) is 0 Å². The summed E-state index contributed by atoms with van der Waals surface area (Å²) in [5.41, 5.74) is 0.